The smallest absolute Gasteiger partial charge is 0.116 e. The second-order valence-electron chi connectivity index (χ2n) is 5.59. The van der Waals surface area contributed by atoms with Crippen molar-refractivity contribution in [2.45, 2.75) is 59.5 Å². The molecule has 0 amide bonds. The van der Waals surface area contributed by atoms with Crippen LogP contribution in [0.2, 0.25) is 0 Å². The van der Waals surface area contributed by atoms with E-state index in [1.165, 1.54) is 36.8 Å². The highest BCUT2D eigenvalue weighted by molar-refractivity contribution is 5.78. The van der Waals surface area contributed by atoms with Crippen molar-refractivity contribution >= 4 is 11.0 Å². The SMILES string of the molecule is CCCCC(CC)Cc1ccc2nn(CN)nc2c1C. The summed E-state index contributed by atoms with van der Waals surface area (Å²) in [4.78, 5) is 1.57. The zero-order valence-corrected chi connectivity index (χ0v) is 12.9. The van der Waals surface area contributed by atoms with Crippen LogP contribution in [0.1, 0.15) is 50.7 Å². The van der Waals surface area contributed by atoms with E-state index < -0.39 is 0 Å². The minimum atomic E-state index is 0.331. The lowest BCUT2D eigenvalue weighted by Crippen LogP contribution is -2.09. The fourth-order valence-electron chi connectivity index (χ4n) is 2.75. The van der Waals surface area contributed by atoms with Gasteiger partial charge in [0.1, 0.15) is 17.7 Å². The Bertz CT molecular complexity index is 559. The van der Waals surface area contributed by atoms with Crippen LogP contribution >= 0.6 is 0 Å². The van der Waals surface area contributed by atoms with E-state index >= 15 is 0 Å². The maximum Gasteiger partial charge on any atom is 0.116 e. The van der Waals surface area contributed by atoms with Gasteiger partial charge in [-0.2, -0.15) is 15.0 Å². The third kappa shape index (κ3) is 3.18. The van der Waals surface area contributed by atoms with Gasteiger partial charge in [0, 0.05) is 0 Å². The molecule has 0 spiro atoms. The number of unbranched alkanes of at least 4 members (excludes halogenated alkanes) is 1. The predicted molar refractivity (Wildman–Crippen MR) is 83.5 cm³/mol. The standard InChI is InChI=1S/C16H26N4/c1-4-6-7-13(5-2)10-14-8-9-15-16(12(14)3)19-20(11-17)18-15/h8-9,13H,4-7,10-11,17H2,1-3H3. The van der Waals surface area contributed by atoms with E-state index in [1.54, 1.807) is 4.80 Å². The molecule has 0 fully saturated rings. The maximum atomic E-state index is 5.60. The minimum Gasteiger partial charge on any atom is -0.311 e. The lowest BCUT2D eigenvalue weighted by molar-refractivity contribution is 0.448. The van der Waals surface area contributed by atoms with Crippen LogP contribution in [0.15, 0.2) is 12.1 Å². The quantitative estimate of drug-likeness (QED) is 0.841. The average Bonchev–Trinajstić information content (AvgIpc) is 2.90. The molecule has 1 aromatic heterocycles. The van der Waals surface area contributed by atoms with Gasteiger partial charge in [-0.05, 0) is 36.5 Å². The Morgan fingerprint density at radius 2 is 2.05 bits per heavy atom. The molecule has 20 heavy (non-hydrogen) atoms. The van der Waals surface area contributed by atoms with Gasteiger partial charge in [-0.3, -0.25) is 0 Å². The number of rotatable bonds is 7. The molecule has 1 unspecified atom stereocenters. The number of hydrogen-bond acceptors (Lipinski definition) is 3. The molecular formula is C16H26N4. The van der Waals surface area contributed by atoms with Crippen molar-refractivity contribution in [1.29, 1.82) is 0 Å². The van der Waals surface area contributed by atoms with Crippen LogP contribution in [0.5, 0.6) is 0 Å². The number of benzene rings is 1. The zero-order valence-electron chi connectivity index (χ0n) is 12.9. The molecule has 0 bridgehead atoms. The Labute approximate surface area is 121 Å². The predicted octanol–water partition coefficient (Wildman–Crippen LogP) is 3.41. The van der Waals surface area contributed by atoms with Crippen molar-refractivity contribution in [3.05, 3.63) is 23.3 Å². The summed E-state index contributed by atoms with van der Waals surface area (Å²) in [5.74, 6) is 0.774. The molecule has 1 heterocycles. The summed E-state index contributed by atoms with van der Waals surface area (Å²) in [6, 6.07) is 4.28. The summed E-state index contributed by atoms with van der Waals surface area (Å²) < 4.78 is 0. The molecule has 2 rings (SSSR count). The van der Waals surface area contributed by atoms with Crippen molar-refractivity contribution in [3.63, 3.8) is 0 Å². The molecular weight excluding hydrogens is 248 g/mol. The fraction of sp³-hybridized carbons (Fsp3) is 0.625. The summed E-state index contributed by atoms with van der Waals surface area (Å²) >= 11 is 0. The summed E-state index contributed by atoms with van der Waals surface area (Å²) in [6.45, 7) is 7.03. The molecule has 0 radical (unpaired) electrons. The van der Waals surface area contributed by atoms with Crippen molar-refractivity contribution < 1.29 is 0 Å². The summed E-state index contributed by atoms with van der Waals surface area (Å²) in [7, 11) is 0. The van der Waals surface area contributed by atoms with E-state index in [9.17, 15) is 0 Å². The van der Waals surface area contributed by atoms with E-state index in [0.29, 0.717) is 6.67 Å². The van der Waals surface area contributed by atoms with Gasteiger partial charge in [0.15, 0.2) is 0 Å². The van der Waals surface area contributed by atoms with E-state index in [0.717, 1.165) is 23.4 Å². The molecule has 0 aliphatic heterocycles. The number of nitrogens with zero attached hydrogens (tertiary/aromatic N) is 3. The van der Waals surface area contributed by atoms with Crippen LogP contribution in [0.4, 0.5) is 0 Å². The van der Waals surface area contributed by atoms with Gasteiger partial charge >= 0.3 is 0 Å². The van der Waals surface area contributed by atoms with Crippen molar-refractivity contribution in [1.82, 2.24) is 15.0 Å². The molecule has 1 atom stereocenters. The van der Waals surface area contributed by atoms with Crippen LogP contribution in [0.25, 0.3) is 11.0 Å². The monoisotopic (exact) mass is 274 g/mol. The van der Waals surface area contributed by atoms with Gasteiger partial charge in [-0.1, -0.05) is 45.6 Å². The highest BCUT2D eigenvalue weighted by Gasteiger charge is 2.13. The number of aromatic nitrogens is 3. The highest BCUT2D eigenvalue weighted by Crippen LogP contribution is 2.24. The maximum absolute atomic E-state index is 5.60. The zero-order chi connectivity index (χ0) is 14.5. The second-order valence-corrected chi connectivity index (χ2v) is 5.59. The van der Waals surface area contributed by atoms with Crippen molar-refractivity contribution in [3.8, 4) is 0 Å². The molecule has 1 aromatic carbocycles. The van der Waals surface area contributed by atoms with Gasteiger partial charge in [-0.25, -0.2) is 0 Å². The number of fused-ring (bicyclic) bond motifs is 1. The van der Waals surface area contributed by atoms with E-state index in [-0.39, 0.29) is 0 Å². The van der Waals surface area contributed by atoms with Crippen LogP contribution in [-0.2, 0) is 13.1 Å². The van der Waals surface area contributed by atoms with Crippen molar-refractivity contribution in [2.75, 3.05) is 0 Å². The highest BCUT2D eigenvalue weighted by atomic mass is 15.5. The Morgan fingerprint density at radius 1 is 1.25 bits per heavy atom. The number of hydrogen-bond donors (Lipinski definition) is 1. The van der Waals surface area contributed by atoms with Gasteiger partial charge < -0.3 is 5.73 Å². The largest absolute Gasteiger partial charge is 0.311 e. The Balaban J connectivity index is 2.23. The fourth-order valence-corrected chi connectivity index (χ4v) is 2.75. The van der Waals surface area contributed by atoms with Crippen LogP contribution < -0.4 is 5.73 Å². The van der Waals surface area contributed by atoms with Crippen LogP contribution in [0, 0.1) is 12.8 Å². The first-order valence-corrected chi connectivity index (χ1v) is 7.72. The first-order valence-electron chi connectivity index (χ1n) is 7.72. The molecule has 4 nitrogen and oxygen atoms in total. The molecule has 2 N–H and O–H groups in total. The summed E-state index contributed by atoms with van der Waals surface area (Å²) in [5.41, 5.74) is 10.2. The average molecular weight is 274 g/mol. The van der Waals surface area contributed by atoms with E-state index in [1.807, 2.05) is 0 Å². The normalized spacial score (nSPS) is 13.0. The van der Waals surface area contributed by atoms with Gasteiger partial charge in [0.05, 0.1) is 0 Å². The van der Waals surface area contributed by atoms with Gasteiger partial charge in [0.25, 0.3) is 0 Å². The van der Waals surface area contributed by atoms with E-state index in [4.69, 9.17) is 5.73 Å². The van der Waals surface area contributed by atoms with Crippen LogP contribution in [0.3, 0.4) is 0 Å². The van der Waals surface area contributed by atoms with Gasteiger partial charge in [-0.15, -0.1) is 0 Å². The van der Waals surface area contributed by atoms with Crippen molar-refractivity contribution in [2.24, 2.45) is 11.7 Å². The minimum absolute atomic E-state index is 0.331. The van der Waals surface area contributed by atoms with Crippen LogP contribution in [-0.4, -0.2) is 15.0 Å². The molecule has 0 saturated carbocycles. The molecule has 0 saturated heterocycles. The lowest BCUT2D eigenvalue weighted by Gasteiger charge is -2.16. The Morgan fingerprint density at radius 3 is 2.70 bits per heavy atom. The topological polar surface area (TPSA) is 56.7 Å². The first-order chi connectivity index (χ1) is 9.69. The molecule has 0 aliphatic rings. The third-order valence-electron chi connectivity index (χ3n) is 4.18. The molecule has 0 aliphatic carbocycles. The third-order valence-corrected chi connectivity index (χ3v) is 4.18. The van der Waals surface area contributed by atoms with Gasteiger partial charge in [0.2, 0.25) is 0 Å². The number of nitrogens with two attached hydrogens (primary N) is 1. The first kappa shape index (κ1) is 15.0. The Kier molecular flexibility index (Phi) is 5.12. The Hall–Kier alpha value is -1.42. The second kappa shape index (κ2) is 6.84. The molecule has 110 valence electrons. The lowest BCUT2D eigenvalue weighted by atomic mass is 9.90. The molecule has 2 aromatic rings. The number of aryl methyl sites for hydroxylation is 1. The summed E-state index contributed by atoms with van der Waals surface area (Å²) in [6.07, 6.45) is 6.31. The van der Waals surface area contributed by atoms with E-state index in [2.05, 4.69) is 43.1 Å². The summed E-state index contributed by atoms with van der Waals surface area (Å²) in [5, 5.41) is 8.83. The molecule has 4 heteroatoms.